The van der Waals surface area contributed by atoms with E-state index in [0.717, 1.165) is 4.90 Å². The van der Waals surface area contributed by atoms with E-state index in [1.54, 1.807) is 55.6 Å². The van der Waals surface area contributed by atoms with Crippen molar-refractivity contribution in [2.75, 3.05) is 23.9 Å². The number of benzene rings is 3. The molecule has 0 bridgehead atoms. The van der Waals surface area contributed by atoms with Gasteiger partial charge in [-0.2, -0.15) is 0 Å². The van der Waals surface area contributed by atoms with Crippen molar-refractivity contribution >= 4 is 28.8 Å². The molecule has 2 amide bonds. The van der Waals surface area contributed by atoms with Crippen molar-refractivity contribution in [3.63, 3.8) is 0 Å². The third kappa shape index (κ3) is 4.05. The van der Waals surface area contributed by atoms with Gasteiger partial charge in [0.15, 0.2) is 0 Å². The zero-order valence-electron chi connectivity index (χ0n) is 17.6. The van der Waals surface area contributed by atoms with Crippen LogP contribution in [0.2, 0.25) is 0 Å². The molecular weight excluding hydrogens is 411 g/mol. The Balaban J connectivity index is 1.78. The Morgan fingerprint density at radius 2 is 1.62 bits per heavy atom. The fourth-order valence-corrected chi connectivity index (χ4v) is 3.46. The number of carbonyl (C=O) groups is 2. The Hall–Kier alpha value is -4.13. The summed E-state index contributed by atoms with van der Waals surface area (Å²) in [6, 6.07) is 19.2. The second-order valence-corrected chi connectivity index (χ2v) is 6.99. The molecule has 0 unspecified atom stereocenters. The number of methoxy groups -OCH3 is 1. The first-order valence-corrected chi connectivity index (χ1v) is 10.0. The van der Waals surface area contributed by atoms with E-state index in [4.69, 9.17) is 9.47 Å². The van der Waals surface area contributed by atoms with E-state index in [-0.39, 0.29) is 11.3 Å². The van der Waals surface area contributed by atoms with Crippen LogP contribution in [0.25, 0.3) is 5.57 Å². The molecule has 1 heterocycles. The lowest BCUT2D eigenvalue weighted by Gasteiger charge is -2.16. The van der Waals surface area contributed by atoms with Crippen LogP contribution in [-0.4, -0.2) is 25.5 Å². The van der Waals surface area contributed by atoms with Gasteiger partial charge >= 0.3 is 0 Å². The Labute approximate surface area is 184 Å². The molecule has 3 aromatic carbocycles. The maximum atomic E-state index is 13.5. The third-order valence-electron chi connectivity index (χ3n) is 4.96. The molecule has 1 aliphatic heterocycles. The van der Waals surface area contributed by atoms with Crippen molar-refractivity contribution in [1.29, 1.82) is 0 Å². The molecule has 1 aliphatic rings. The van der Waals surface area contributed by atoms with Crippen LogP contribution in [-0.2, 0) is 9.59 Å². The average molecular weight is 432 g/mol. The van der Waals surface area contributed by atoms with Gasteiger partial charge in [-0.3, -0.25) is 9.59 Å². The molecule has 162 valence electrons. The van der Waals surface area contributed by atoms with E-state index in [0.29, 0.717) is 35.0 Å². The average Bonchev–Trinajstić information content (AvgIpc) is 3.05. The van der Waals surface area contributed by atoms with Crippen LogP contribution >= 0.6 is 0 Å². The summed E-state index contributed by atoms with van der Waals surface area (Å²) in [5.41, 5.74) is 1.75. The number of nitrogens with zero attached hydrogens (tertiary/aromatic N) is 1. The van der Waals surface area contributed by atoms with Crippen molar-refractivity contribution in [3.8, 4) is 11.5 Å². The molecule has 0 radical (unpaired) electrons. The van der Waals surface area contributed by atoms with E-state index in [9.17, 15) is 14.0 Å². The van der Waals surface area contributed by atoms with Gasteiger partial charge in [-0.15, -0.1) is 0 Å². The minimum Gasteiger partial charge on any atom is -0.497 e. The predicted octanol–water partition coefficient (Wildman–Crippen LogP) is 4.63. The molecule has 0 atom stereocenters. The van der Waals surface area contributed by atoms with Gasteiger partial charge in [0.1, 0.15) is 23.0 Å². The summed E-state index contributed by atoms with van der Waals surface area (Å²) in [7, 11) is 1.55. The lowest BCUT2D eigenvalue weighted by atomic mass is 10.0. The maximum absolute atomic E-state index is 13.5. The van der Waals surface area contributed by atoms with E-state index in [1.165, 1.54) is 24.3 Å². The normalized spacial score (nSPS) is 13.5. The summed E-state index contributed by atoms with van der Waals surface area (Å²) in [5, 5.41) is 3.00. The van der Waals surface area contributed by atoms with Gasteiger partial charge in [-0.1, -0.05) is 18.2 Å². The highest BCUT2D eigenvalue weighted by molar-refractivity contribution is 6.46. The van der Waals surface area contributed by atoms with Crippen molar-refractivity contribution in [2.45, 2.75) is 6.92 Å². The number of hydrogen-bond acceptors (Lipinski definition) is 5. The first kappa shape index (κ1) is 21.1. The van der Waals surface area contributed by atoms with E-state index >= 15 is 0 Å². The van der Waals surface area contributed by atoms with Gasteiger partial charge < -0.3 is 14.8 Å². The summed E-state index contributed by atoms with van der Waals surface area (Å²) in [6.07, 6.45) is 0. The van der Waals surface area contributed by atoms with Gasteiger partial charge in [0, 0.05) is 11.8 Å². The molecule has 6 nitrogen and oxygen atoms in total. The first-order valence-electron chi connectivity index (χ1n) is 10.0. The molecule has 7 heteroatoms. The van der Waals surface area contributed by atoms with Gasteiger partial charge in [0.2, 0.25) is 0 Å². The summed E-state index contributed by atoms with van der Waals surface area (Å²) in [5.74, 6) is -0.211. The first-order chi connectivity index (χ1) is 15.5. The molecular formula is C25H21FN2O4. The Morgan fingerprint density at radius 3 is 2.28 bits per heavy atom. The number of imide groups is 1. The van der Waals surface area contributed by atoms with Gasteiger partial charge in [-0.25, -0.2) is 9.29 Å². The second kappa shape index (κ2) is 8.93. The zero-order chi connectivity index (χ0) is 22.7. The summed E-state index contributed by atoms with van der Waals surface area (Å²) in [4.78, 5) is 28.0. The highest BCUT2D eigenvalue weighted by Gasteiger charge is 2.40. The number of rotatable bonds is 7. The van der Waals surface area contributed by atoms with E-state index in [2.05, 4.69) is 5.32 Å². The Bertz CT molecular complexity index is 1190. The van der Waals surface area contributed by atoms with Crippen molar-refractivity contribution in [2.24, 2.45) is 0 Å². The fourth-order valence-electron chi connectivity index (χ4n) is 3.46. The van der Waals surface area contributed by atoms with Gasteiger partial charge in [0.25, 0.3) is 11.8 Å². The Kier molecular flexibility index (Phi) is 5.89. The van der Waals surface area contributed by atoms with Crippen LogP contribution in [0, 0.1) is 5.82 Å². The minimum absolute atomic E-state index is 0.105. The molecule has 0 saturated heterocycles. The highest BCUT2D eigenvalue weighted by Crippen LogP contribution is 2.35. The van der Waals surface area contributed by atoms with Crippen LogP contribution in [0.1, 0.15) is 12.5 Å². The molecule has 0 aliphatic carbocycles. The van der Waals surface area contributed by atoms with Crippen LogP contribution in [0.4, 0.5) is 15.8 Å². The van der Waals surface area contributed by atoms with Crippen molar-refractivity contribution in [1.82, 2.24) is 0 Å². The number of anilines is 2. The second-order valence-electron chi connectivity index (χ2n) is 6.99. The monoisotopic (exact) mass is 432 g/mol. The molecule has 0 spiro atoms. The maximum Gasteiger partial charge on any atom is 0.282 e. The number of ether oxygens (including phenoxy) is 2. The Morgan fingerprint density at radius 1 is 0.906 bits per heavy atom. The molecule has 0 fully saturated rings. The lowest BCUT2D eigenvalue weighted by Crippen LogP contribution is -2.32. The number of halogens is 1. The van der Waals surface area contributed by atoms with E-state index < -0.39 is 17.6 Å². The molecule has 4 rings (SSSR count). The van der Waals surface area contributed by atoms with Crippen LogP contribution in [0.15, 0.2) is 78.5 Å². The standard InChI is InChI=1S/C25H21FN2O4/c1-3-32-21-6-4-5-19(15-21)28-24(29)22(16-7-13-20(31-2)14-8-16)23(25(28)30)27-18-11-9-17(26)10-12-18/h4-15,27H,3H2,1-2H3. The quantitative estimate of drug-likeness (QED) is 0.552. The van der Waals surface area contributed by atoms with Crippen LogP contribution in [0.5, 0.6) is 11.5 Å². The summed E-state index contributed by atoms with van der Waals surface area (Å²) < 4.78 is 24.1. The largest absolute Gasteiger partial charge is 0.497 e. The summed E-state index contributed by atoms with van der Waals surface area (Å²) >= 11 is 0. The van der Waals surface area contributed by atoms with Crippen molar-refractivity contribution in [3.05, 3.63) is 89.9 Å². The summed E-state index contributed by atoms with van der Waals surface area (Å²) in [6.45, 7) is 2.31. The molecule has 1 N–H and O–H groups in total. The third-order valence-corrected chi connectivity index (χ3v) is 4.96. The van der Waals surface area contributed by atoms with Crippen LogP contribution in [0.3, 0.4) is 0 Å². The molecule has 0 aromatic heterocycles. The minimum atomic E-state index is -0.515. The SMILES string of the molecule is CCOc1cccc(N2C(=O)C(Nc3ccc(F)cc3)=C(c3ccc(OC)cc3)C2=O)c1. The highest BCUT2D eigenvalue weighted by atomic mass is 19.1. The molecule has 0 saturated carbocycles. The predicted molar refractivity (Wildman–Crippen MR) is 120 cm³/mol. The van der Waals surface area contributed by atoms with Gasteiger partial charge in [-0.05, 0) is 61.0 Å². The lowest BCUT2D eigenvalue weighted by molar-refractivity contribution is -0.120. The fraction of sp³-hybridized carbons (Fsp3) is 0.120. The molecule has 32 heavy (non-hydrogen) atoms. The number of carbonyl (C=O) groups excluding carboxylic acids is 2. The van der Waals surface area contributed by atoms with E-state index in [1.807, 2.05) is 6.92 Å². The smallest absolute Gasteiger partial charge is 0.282 e. The van der Waals surface area contributed by atoms with Gasteiger partial charge in [0.05, 0.1) is 25.0 Å². The number of amides is 2. The topological polar surface area (TPSA) is 67.9 Å². The zero-order valence-corrected chi connectivity index (χ0v) is 17.6. The van der Waals surface area contributed by atoms with Crippen LogP contribution < -0.4 is 19.7 Å². The number of hydrogen-bond donors (Lipinski definition) is 1. The molecule has 3 aromatic rings. The van der Waals surface area contributed by atoms with Crippen molar-refractivity contribution < 1.29 is 23.5 Å². The number of nitrogens with one attached hydrogen (secondary N) is 1.